The van der Waals surface area contributed by atoms with E-state index in [1.807, 2.05) is 18.2 Å². The Labute approximate surface area is 178 Å². The number of sulfone groups is 1. The molecule has 160 valence electrons. The smallest absolute Gasteiger partial charge is 0.228 e. The van der Waals surface area contributed by atoms with Crippen molar-refractivity contribution < 1.29 is 12.8 Å². The second kappa shape index (κ2) is 9.53. The Morgan fingerprint density at radius 3 is 2.33 bits per heavy atom. The Kier molecular flexibility index (Phi) is 7.05. The molecule has 0 bridgehead atoms. The maximum Gasteiger partial charge on any atom is 0.228 e. The lowest BCUT2D eigenvalue weighted by Gasteiger charge is -2.22. The Morgan fingerprint density at radius 2 is 1.70 bits per heavy atom. The van der Waals surface area contributed by atoms with Crippen molar-refractivity contribution in [3.8, 4) is 0 Å². The summed E-state index contributed by atoms with van der Waals surface area (Å²) >= 11 is 0. The molecule has 1 aromatic heterocycles. The molecular formula is C23H28FN3O2S. The lowest BCUT2D eigenvalue weighted by molar-refractivity contribution is 0.263. The summed E-state index contributed by atoms with van der Waals surface area (Å²) in [5.41, 5.74) is 2.35. The van der Waals surface area contributed by atoms with Crippen LogP contribution in [0.3, 0.4) is 0 Å². The normalized spacial score (nSPS) is 12.1. The van der Waals surface area contributed by atoms with E-state index >= 15 is 0 Å². The van der Waals surface area contributed by atoms with E-state index in [0.29, 0.717) is 12.1 Å². The Bertz CT molecular complexity index is 1080. The molecule has 7 heteroatoms. The van der Waals surface area contributed by atoms with Crippen LogP contribution in [0.1, 0.15) is 37.6 Å². The van der Waals surface area contributed by atoms with Crippen LogP contribution in [0.2, 0.25) is 0 Å². The zero-order valence-electron chi connectivity index (χ0n) is 17.6. The highest BCUT2D eigenvalue weighted by Gasteiger charge is 2.27. The average molecular weight is 430 g/mol. The van der Waals surface area contributed by atoms with E-state index in [9.17, 15) is 12.8 Å². The topological polar surface area (TPSA) is 55.2 Å². The highest BCUT2D eigenvalue weighted by Crippen LogP contribution is 2.21. The number of aromatic nitrogens is 2. The summed E-state index contributed by atoms with van der Waals surface area (Å²) in [6.07, 6.45) is 1.60. The first-order valence-electron chi connectivity index (χ1n) is 10.1. The number of hydrogen-bond donors (Lipinski definition) is 0. The highest BCUT2D eigenvalue weighted by atomic mass is 32.2. The Morgan fingerprint density at radius 1 is 1.03 bits per heavy atom. The minimum atomic E-state index is -3.61. The molecule has 0 unspecified atom stereocenters. The van der Waals surface area contributed by atoms with Gasteiger partial charge in [-0.15, -0.1) is 0 Å². The molecule has 2 aromatic carbocycles. The Hall–Kier alpha value is -2.51. The van der Waals surface area contributed by atoms with Gasteiger partial charge in [-0.25, -0.2) is 17.8 Å². The summed E-state index contributed by atoms with van der Waals surface area (Å²) in [5.74, 6) is -0.360. The maximum absolute atomic E-state index is 14.3. The predicted molar refractivity (Wildman–Crippen MR) is 116 cm³/mol. The zero-order valence-corrected chi connectivity index (χ0v) is 18.4. The fraction of sp³-hybridized carbons (Fsp3) is 0.348. The summed E-state index contributed by atoms with van der Waals surface area (Å²) in [6, 6.07) is 16.5. The van der Waals surface area contributed by atoms with E-state index < -0.39 is 15.1 Å². The molecule has 0 radical (unpaired) electrons. The van der Waals surface area contributed by atoms with Crippen molar-refractivity contribution in [2.24, 2.45) is 0 Å². The van der Waals surface area contributed by atoms with Crippen LogP contribution in [-0.2, 0) is 29.5 Å². The average Bonchev–Trinajstić information content (AvgIpc) is 3.12. The third-order valence-electron chi connectivity index (χ3n) is 5.14. The standard InChI is InChI=1S/C23H28FN3O2S/c1-4-26(15-19-10-6-5-7-11-19)17-21-14-25-23(30(28,29)18(2)3)27(21)16-20-12-8-9-13-22(20)24/h5-14,18H,4,15-17H2,1-3H3. The van der Waals surface area contributed by atoms with Gasteiger partial charge in [0.05, 0.1) is 23.7 Å². The van der Waals surface area contributed by atoms with Crippen molar-refractivity contribution >= 4 is 9.84 Å². The number of rotatable bonds is 9. The van der Waals surface area contributed by atoms with Crippen LogP contribution in [0.25, 0.3) is 0 Å². The quantitative estimate of drug-likeness (QED) is 0.510. The second-order valence-corrected chi connectivity index (χ2v) is 9.99. The van der Waals surface area contributed by atoms with Crippen LogP contribution in [0.15, 0.2) is 66.0 Å². The van der Waals surface area contributed by atoms with Crippen LogP contribution in [-0.4, -0.2) is 34.7 Å². The molecule has 0 fully saturated rings. The predicted octanol–water partition coefficient (Wildman–Crippen LogP) is 4.27. The first kappa shape index (κ1) is 22.2. The number of halogens is 1. The first-order valence-corrected chi connectivity index (χ1v) is 11.7. The fourth-order valence-corrected chi connectivity index (χ4v) is 4.38. The first-order chi connectivity index (χ1) is 14.3. The van der Waals surface area contributed by atoms with E-state index in [1.165, 1.54) is 11.6 Å². The number of imidazole rings is 1. The van der Waals surface area contributed by atoms with Gasteiger partial charge in [-0.05, 0) is 32.0 Å². The summed E-state index contributed by atoms with van der Waals surface area (Å²) in [4.78, 5) is 6.46. The molecule has 3 rings (SSSR count). The third-order valence-corrected chi connectivity index (χ3v) is 7.22. The maximum atomic E-state index is 14.3. The number of nitrogens with zero attached hydrogens (tertiary/aromatic N) is 3. The van der Waals surface area contributed by atoms with Gasteiger partial charge in [-0.2, -0.15) is 0 Å². The van der Waals surface area contributed by atoms with Crippen LogP contribution >= 0.6 is 0 Å². The SMILES string of the molecule is CCN(Cc1ccccc1)Cc1cnc(S(=O)(=O)C(C)C)n1Cc1ccccc1F. The monoisotopic (exact) mass is 429 g/mol. The molecule has 0 atom stereocenters. The molecule has 0 aliphatic carbocycles. The van der Waals surface area contributed by atoms with E-state index in [4.69, 9.17) is 0 Å². The minimum Gasteiger partial charge on any atom is -0.313 e. The van der Waals surface area contributed by atoms with Crippen LogP contribution in [0, 0.1) is 5.82 Å². The molecule has 5 nitrogen and oxygen atoms in total. The van der Waals surface area contributed by atoms with Gasteiger partial charge in [-0.1, -0.05) is 55.5 Å². The molecule has 0 saturated carbocycles. The third kappa shape index (κ3) is 4.96. The molecule has 3 aromatic rings. The zero-order chi connectivity index (χ0) is 21.7. The van der Waals surface area contributed by atoms with Crippen molar-refractivity contribution in [3.63, 3.8) is 0 Å². The lowest BCUT2D eigenvalue weighted by Crippen LogP contribution is -2.26. The molecular weight excluding hydrogens is 401 g/mol. The second-order valence-electron chi connectivity index (χ2n) is 7.59. The fourth-order valence-electron chi connectivity index (χ4n) is 3.27. The van der Waals surface area contributed by atoms with Crippen molar-refractivity contribution in [1.82, 2.24) is 14.5 Å². The largest absolute Gasteiger partial charge is 0.313 e. The van der Waals surface area contributed by atoms with Gasteiger partial charge in [0.2, 0.25) is 15.0 Å². The van der Waals surface area contributed by atoms with Crippen LogP contribution < -0.4 is 0 Å². The molecule has 0 amide bonds. The summed E-state index contributed by atoms with van der Waals surface area (Å²) < 4.78 is 41.8. The Balaban J connectivity index is 1.97. The van der Waals surface area contributed by atoms with Crippen LogP contribution in [0.5, 0.6) is 0 Å². The molecule has 0 saturated heterocycles. The van der Waals surface area contributed by atoms with Gasteiger partial charge in [0, 0.05) is 18.7 Å². The van der Waals surface area contributed by atoms with Gasteiger partial charge < -0.3 is 4.57 Å². The van der Waals surface area contributed by atoms with Crippen molar-refractivity contribution in [1.29, 1.82) is 0 Å². The molecule has 30 heavy (non-hydrogen) atoms. The van der Waals surface area contributed by atoms with Gasteiger partial charge in [0.15, 0.2) is 0 Å². The molecule has 0 spiro atoms. The van der Waals surface area contributed by atoms with E-state index in [1.54, 1.807) is 42.8 Å². The van der Waals surface area contributed by atoms with E-state index in [-0.39, 0.29) is 17.5 Å². The summed E-state index contributed by atoms with van der Waals surface area (Å²) in [7, 11) is -3.61. The van der Waals surface area contributed by atoms with Gasteiger partial charge >= 0.3 is 0 Å². The van der Waals surface area contributed by atoms with Gasteiger partial charge in [-0.3, -0.25) is 4.90 Å². The lowest BCUT2D eigenvalue weighted by atomic mass is 10.2. The molecule has 0 N–H and O–H groups in total. The molecule has 0 aliphatic rings. The van der Waals surface area contributed by atoms with Crippen molar-refractivity contribution in [2.75, 3.05) is 6.54 Å². The summed E-state index contributed by atoms with van der Waals surface area (Å²) in [6.45, 7) is 7.47. The van der Waals surface area contributed by atoms with Crippen molar-refractivity contribution in [2.45, 2.75) is 50.8 Å². The molecule has 0 aliphatic heterocycles. The van der Waals surface area contributed by atoms with Gasteiger partial charge in [0.1, 0.15) is 5.82 Å². The number of hydrogen-bond acceptors (Lipinski definition) is 4. The minimum absolute atomic E-state index is 0.00785. The van der Waals surface area contributed by atoms with Gasteiger partial charge in [0.25, 0.3) is 0 Å². The van der Waals surface area contributed by atoms with Crippen molar-refractivity contribution in [3.05, 3.63) is 83.4 Å². The summed E-state index contributed by atoms with van der Waals surface area (Å²) in [5, 5.41) is -0.620. The van der Waals surface area contributed by atoms with E-state index in [0.717, 1.165) is 18.8 Å². The van der Waals surface area contributed by atoms with Crippen LogP contribution in [0.4, 0.5) is 4.39 Å². The van der Waals surface area contributed by atoms with E-state index in [2.05, 4.69) is 28.9 Å². The highest BCUT2D eigenvalue weighted by molar-refractivity contribution is 7.91. The number of benzene rings is 2. The molecule has 1 heterocycles.